The van der Waals surface area contributed by atoms with E-state index in [0.29, 0.717) is 12.0 Å². The van der Waals surface area contributed by atoms with Crippen molar-refractivity contribution in [2.75, 3.05) is 11.5 Å². The maximum absolute atomic E-state index is 12.3. The lowest BCUT2D eigenvalue weighted by Gasteiger charge is -2.16. The Labute approximate surface area is 163 Å². The third-order valence-corrected chi connectivity index (χ3v) is 6.32. The van der Waals surface area contributed by atoms with Crippen LogP contribution in [0.4, 0.5) is 0 Å². The number of aromatic hydroxyl groups is 1. The molecule has 3 rings (SSSR count). The lowest BCUT2D eigenvalue weighted by atomic mass is 10.0. The number of carbonyl (C=O) groups excluding carboxylic acids is 2. The van der Waals surface area contributed by atoms with Gasteiger partial charge < -0.3 is 15.2 Å². The molecule has 8 heteroatoms. The lowest BCUT2D eigenvalue weighted by molar-refractivity contribution is -0.129. The summed E-state index contributed by atoms with van der Waals surface area (Å²) in [6.45, 7) is 1.45. The number of phenolic OH excluding ortho intramolecular Hbond substituents is 1. The van der Waals surface area contributed by atoms with Gasteiger partial charge >= 0.3 is 5.97 Å². The van der Waals surface area contributed by atoms with Gasteiger partial charge in [0.2, 0.25) is 0 Å². The van der Waals surface area contributed by atoms with E-state index in [9.17, 15) is 23.1 Å². The van der Waals surface area contributed by atoms with Crippen LogP contribution >= 0.6 is 0 Å². The highest BCUT2D eigenvalue weighted by atomic mass is 32.2. The molecule has 0 aliphatic carbocycles. The number of ether oxygens (including phenoxy) is 1. The Morgan fingerprint density at radius 3 is 2.18 bits per heavy atom. The number of phenols is 1. The van der Waals surface area contributed by atoms with Gasteiger partial charge in [-0.2, -0.15) is 0 Å². The molecule has 2 aromatic rings. The van der Waals surface area contributed by atoms with Crippen molar-refractivity contribution in [1.29, 1.82) is 0 Å². The van der Waals surface area contributed by atoms with Crippen LogP contribution in [0.1, 0.15) is 23.7 Å². The number of esters is 1. The van der Waals surface area contributed by atoms with Crippen molar-refractivity contribution >= 4 is 21.7 Å². The van der Waals surface area contributed by atoms with Crippen molar-refractivity contribution in [3.05, 3.63) is 54.1 Å². The van der Waals surface area contributed by atoms with Gasteiger partial charge in [0.1, 0.15) is 5.75 Å². The molecule has 28 heavy (non-hydrogen) atoms. The van der Waals surface area contributed by atoms with Crippen LogP contribution < -0.4 is 5.32 Å². The van der Waals surface area contributed by atoms with E-state index >= 15 is 0 Å². The number of rotatable bonds is 5. The molecule has 1 aliphatic rings. The number of sulfone groups is 1. The Morgan fingerprint density at radius 1 is 1.07 bits per heavy atom. The third-order valence-electron chi connectivity index (χ3n) is 4.55. The van der Waals surface area contributed by atoms with Crippen LogP contribution in [-0.4, -0.2) is 49.1 Å². The third kappa shape index (κ3) is 4.89. The number of hydrogen-bond acceptors (Lipinski definition) is 6. The molecule has 1 aliphatic heterocycles. The van der Waals surface area contributed by atoms with Crippen molar-refractivity contribution in [3.8, 4) is 16.9 Å². The smallest absolute Gasteiger partial charge is 0.338 e. The largest absolute Gasteiger partial charge is 0.508 e. The Kier molecular flexibility index (Phi) is 5.69. The van der Waals surface area contributed by atoms with E-state index in [2.05, 4.69) is 5.32 Å². The molecule has 2 atom stereocenters. The number of benzene rings is 2. The van der Waals surface area contributed by atoms with E-state index in [0.717, 1.165) is 11.1 Å². The Balaban J connectivity index is 1.57. The first-order chi connectivity index (χ1) is 13.2. The molecular formula is C20H21NO6S. The molecule has 7 nitrogen and oxygen atoms in total. The van der Waals surface area contributed by atoms with E-state index in [1.54, 1.807) is 48.5 Å². The first kappa shape index (κ1) is 19.9. The van der Waals surface area contributed by atoms with Gasteiger partial charge in [-0.15, -0.1) is 0 Å². The van der Waals surface area contributed by atoms with E-state index in [4.69, 9.17) is 4.74 Å². The fourth-order valence-electron chi connectivity index (χ4n) is 2.96. The highest BCUT2D eigenvalue weighted by Crippen LogP contribution is 2.22. The monoisotopic (exact) mass is 403 g/mol. The number of hydrogen-bond donors (Lipinski definition) is 2. The van der Waals surface area contributed by atoms with Gasteiger partial charge in [-0.25, -0.2) is 13.2 Å². The standard InChI is InChI=1S/C20H21NO6S/c1-13(19(23)21-17-10-11-28(25,26)12-17)27-20(24)16-4-2-14(3-5-16)15-6-8-18(22)9-7-15/h2-9,13,17,22H,10-12H2,1H3,(H,21,23)/t13-,17+/m1/s1. The van der Waals surface area contributed by atoms with Crippen LogP contribution in [0.25, 0.3) is 11.1 Å². The summed E-state index contributed by atoms with van der Waals surface area (Å²) in [7, 11) is -3.10. The van der Waals surface area contributed by atoms with Gasteiger partial charge in [0.05, 0.1) is 17.1 Å². The fourth-order valence-corrected chi connectivity index (χ4v) is 4.64. The average molecular weight is 403 g/mol. The summed E-state index contributed by atoms with van der Waals surface area (Å²) in [6, 6.07) is 12.9. The highest BCUT2D eigenvalue weighted by Gasteiger charge is 2.30. The molecular weight excluding hydrogens is 382 g/mol. The second kappa shape index (κ2) is 8.02. The molecule has 1 heterocycles. The van der Waals surface area contributed by atoms with Gasteiger partial charge in [0.25, 0.3) is 5.91 Å². The van der Waals surface area contributed by atoms with E-state index < -0.39 is 33.9 Å². The summed E-state index contributed by atoms with van der Waals surface area (Å²) in [5, 5.41) is 12.0. The van der Waals surface area contributed by atoms with Gasteiger partial charge in [-0.3, -0.25) is 4.79 Å². The topological polar surface area (TPSA) is 110 Å². The van der Waals surface area contributed by atoms with Crippen LogP contribution in [-0.2, 0) is 19.4 Å². The van der Waals surface area contributed by atoms with Crippen molar-refractivity contribution in [3.63, 3.8) is 0 Å². The molecule has 0 spiro atoms. The molecule has 0 aromatic heterocycles. The van der Waals surface area contributed by atoms with Gasteiger partial charge in [-0.05, 0) is 48.7 Å². The summed E-state index contributed by atoms with van der Waals surface area (Å²) in [6.07, 6.45) is -0.666. The predicted octanol–water partition coefficient (Wildman–Crippen LogP) is 1.91. The van der Waals surface area contributed by atoms with Crippen LogP contribution in [0.2, 0.25) is 0 Å². The number of amides is 1. The van der Waals surface area contributed by atoms with Crippen LogP contribution in [0.5, 0.6) is 5.75 Å². The van der Waals surface area contributed by atoms with Crippen molar-refractivity contribution in [1.82, 2.24) is 5.32 Å². The summed E-state index contributed by atoms with van der Waals surface area (Å²) in [4.78, 5) is 24.4. The normalized spacial score (nSPS) is 19.0. The van der Waals surface area contributed by atoms with Crippen molar-refractivity contribution < 1.29 is 27.9 Å². The maximum Gasteiger partial charge on any atom is 0.338 e. The minimum atomic E-state index is -3.10. The van der Waals surface area contributed by atoms with E-state index in [-0.39, 0.29) is 17.3 Å². The predicted molar refractivity (Wildman–Crippen MR) is 104 cm³/mol. The molecule has 0 radical (unpaired) electrons. The molecule has 1 amide bonds. The molecule has 0 bridgehead atoms. The molecule has 2 aromatic carbocycles. The van der Waals surface area contributed by atoms with Crippen LogP contribution in [0, 0.1) is 0 Å². The van der Waals surface area contributed by atoms with Crippen LogP contribution in [0.15, 0.2) is 48.5 Å². The number of carbonyl (C=O) groups is 2. The second-order valence-corrected chi connectivity index (χ2v) is 9.01. The zero-order chi connectivity index (χ0) is 20.3. The summed E-state index contributed by atoms with van der Waals surface area (Å²) < 4.78 is 28.1. The second-order valence-electron chi connectivity index (χ2n) is 6.78. The van der Waals surface area contributed by atoms with E-state index in [1.807, 2.05) is 0 Å². The fraction of sp³-hybridized carbons (Fsp3) is 0.300. The zero-order valence-corrected chi connectivity index (χ0v) is 16.1. The minimum Gasteiger partial charge on any atom is -0.508 e. The Bertz CT molecular complexity index is 967. The molecule has 148 valence electrons. The molecule has 2 N–H and O–H groups in total. The van der Waals surface area contributed by atoms with Crippen LogP contribution in [0.3, 0.4) is 0 Å². The van der Waals surface area contributed by atoms with Crippen molar-refractivity contribution in [2.45, 2.75) is 25.5 Å². The molecule has 0 saturated carbocycles. The maximum atomic E-state index is 12.3. The summed E-state index contributed by atoms with van der Waals surface area (Å²) >= 11 is 0. The Morgan fingerprint density at radius 2 is 1.64 bits per heavy atom. The molecule has 1 saturated heterocycles. The molecule has 1 fully saturated rings. The summed E-state index contributed by atoms with van der Waals surface area (Å²) in [5.74, 6) is -1.01. The van der Waals surface area contributed by atoms with Gasteiger partial charge in [0.15, 0.2) is 15.9 Å². The SMILES string of the molecule is C[C@@H](OC(=O)c1ccc(-c2ccc(O)cc2)cc1)C(=O)N[C@H]1CCS(=O)(=O)C1. The highest BCUT2D eigenvalue weighted by molar-refractivity contribution is 7.91. The lowest BCUT2D eigenvalue weighted by Crippen LogP contribution is -2.42. The van der Waals surface area contributed by atoms with E-state index in [1.165, 1.54) is 6.92 Å². The van der Waals surface area contributed by atoms with Gasteiger partial charge in [0, 0.05) is 6.04 Å². The minimum absolute atomic E-state index is 0.0551. The first-order valence-corrected chi connectivity index (χ1v) is 10.7. The summed E-state index contributed by atoms with van der Waals surface area (Å²) in [5.41, 5.74) is 2.05. The average Bonchev–Trinajstić information content (AvgIpc) is 3.00. The number of nitrogens with one attached hydrogen (secondary N) is 1. The van der Waals surface area contributed by atoms with Gasteiger partial charge in [-0.1, -0.05) is 24.3 Å². The zero-order valence-electron chi connectivity index (χ0n) is 15.3. The molecule has 0 unspecified atom stereocenters. The first-order valence-electron chi connectivity index (χ1n) is 8.85. The quantitative estimate of drug-likeness (QED) is 0.738. The van der Waals surface area contributed by atoms with Crippen molar-refractivity contribution in [2.24, 2.45) is 0 Å². The Hall–Kier alpha value is -2.87.